The van der Waals surface area contributed by atoms with Crippen LogP contribution in [0.3, 0.4) is 0 Å². The largest absolute Gasteiger partial charge is 0.481 e. The summed E-state index contributed by atoms with van der Waals surface area (Å²) in [5.41, 5.74) is 0.955. The summed E-state index contributed by atoms with van der Waals surface area (Å²) >= 11 is 5.75. The first-order valence-corrected chi connectivity index (χ1v) is 6.46. The molecule has 0 heterocycles. The molecule has 2 aromatic rings. The smallest absolute Gasteiger partial charge is 0.417 e. The first-order valence-electron chi connectivity index (χ1n) is 6.08. The lowest BCUT2D eigenvalue weighted by atomic mass is 10.1. The molecule has 108 valence electrons. The molecule has 0 radical (unpaired) electrons. The van der Waals surface area contributed by atoms with E-state index in [4.69, 9.17) is 21.4 Å². The van der Waals surface area contributed by atoms with Crippen LogP contribution in [0.4, 0.5) is 10.5 Å². The summed E-state index contributed by atoms with van der Waals surface area (Å²) < 4.78 is 5.13. The Kier molecular flexibility index (Phi) is 4.79. The fourth-order valence-corrected chi connectivity index (χ4v) is 1.81. The highest BCUT2D eigenvalue weighted by molar-refractivity contribution is 6.30. The third kappa shape index (κ3) is 4.50. The van der Waals surface area contributed by atoms with Crippen LogP contribution < -0.4 is 10.1 Å². The van der Waals surface area contributed by atoms with Crippen molar-refractivity contribution in [2.45, 2.75) is 6.42 Å². The van der Waals surface area contributed by atoms with Gasteiger partial charge in [0.1, 0.15) is 5.75 Å². The van der Waals surface area contributed by atoms with Crippen molar-refractivity contribution < 1.29 is 19.4 Å². The molecule has 2 aromatic carbocycles. The Hall–Kier alpha value is -2.53. The van der Waals surface area contributed by atoms with Crippen molar-refractivity contribution in [3.63, 3.8) is 0 Å². The molecular formula is C15H12ClNO4. The average Bonchev–Trinajstić information content (AvgIpc) is 2.43. The lowest BCUT2D eigenvalue weighted by molar-refractivity contribution is -0.136. The van der Waals surface area contributed by atoms with Crippen LogP contribution in [0.2, 0.25) is 5.02 Å². The first-order chi connectivity index (χ1) is 10.0. The Bertz CT molecular complexity index is 655. The fourth-order valence-electron chi connectivity index (χ4n) is 1.69. The van der Waals surface area contributed by atoms with Gasteiger partial charge in [0, 0.05) is 16.3 Å². The number of hydrogen-bond donors (Lipinski definition) is 2. The number of benzene rings is 2. The number of ether oxygens (including phenoxy) is 1. The SMILES string of the molecule is O=C(O)Cc1ccccc1OC(=O)Nc1ccc(Cl)cc1. The van der Waals surface area contributed by atoms with Gasteiger partial charge < -0.3 is 9.84 Å². The van der Waals surface area contributed by atoms with E-state index in [1.165, 1.54) is 0 Å². The molecule has 2 rings (SSSR count). The minimum absolute atomic E-state index is 0.214. The molecule has 5 nitrogen and oxygen atoms in total. The molecule has 0 aromatic heterocycles. The van der Waals surface area contributed by atoms with Crippen molar-refractivity contribution >= 4 is 29.4 Å². The van der Waals surface area contributed by atoms with Gasteiger partial charge >= 0.3 is 12.1 Å². The monoisotopic (exact) mass is 305 g/mol. The van der Waals surface area contributed by atoms with Crippen molar-refractivity contribution in [1.29, 1.82) is 0 Å². The Labute approximate surface area is 126 Å². The number of nitrogens with one attached hydrogen (secondary N) is 1. The van der Waals surface area contributed by atoms with Crippen LogP contribution in [0.5, 0.6) is 5.75 Å². The predicted octanol–water partition coefficient (Wildman–Crippen LogP) is 3.58. The molecule has 2 N–H and O–H groups in total. The lowest BCUT2D eigenvalue weighted by Crippen LogP contribution is -2.17. The second-order valence-electron chi connectivity index (χ2n) is 4.20. The zero-order valence-corrected chi connectivity index (χ0v) is 11.6. The molecule has 0 aliphatic carbocycles. The minimum Gasteiger partial charge on any atom is -0.481 e. The fraction of sp³-hybridized carbons (Fsp3) is 0.0667. The number of rotatable bonds is 4. The summed E-state index contributed by atoms with van der Waals surface area (Å²) in [6.45, 7) is 0. The number of carbonyl (C=O) groups is 2. The number of halogens is 1. The summed E-state index contributed by atoms with van der Waals surface area (Å²) in [5.74, 6) is -0.782. The van der Waals surface area contributed by atoms with Gasteiger partial charge in [-0.05, 0) is 30.3 Å². The molecule has 0 aliphatic heterocycles. The van der Waals surface area contributed by atoms with Gasteiger partial charge in [-0.15, -0.1) is 0 Å². The van der Waals surface area contributed by atoms with Crippen molar-refractivity contribution in [2.75, 3.05) is 5.32 Å². The Morgan fingerprint density at radius 3 is 2.43 bits per heavy atom. The molecule has 21 heavy (non-hydrogen) atoms. The molecule has 0 saturated heterocycles. The molecule has 0 atom stereocenters. The Morgan fingerprint density at radius 2 is 1.76 bits per heavy atom. The van der Waals surface area contributed by atoms with Crippen LogP contribution in [0.25, 0.3) is 0 Å². The van der Waals surface area contributed by atoms with Crippen molar-refractivity contribution in [3.8, 4) is 5.75 Å². The molecule has 0 fully saturated rings. The van der Waals surface area contributed by atoms with E-state index in [9.17, 15) is 9.59 Å². The number of para-hydroxylation sites is 1. The third-order valence-electron chi connectivity index (χ3n) is 2.61. The van der Waals surface area contributed by atoms with Gasteiger partial charge in [0.05, 0.1) is 6.42 Å². The molecule has 1 amide bonds. The number of carbonyl (C=O) groups excluding carboxylic acids is 1. The second-order valence-corrected chi connectivity index (χ2v) is 4.64. The highest BCUT2D eigenvalue weighted by Gasteiger charge is 2.11. The summed E-state index contributed by atoms with van der Waals surface area (Å²) in [6, 6.07) is 13.0. The van der Waals surface area contributed by atoms with Crippen molar-refractivity contribution in [1.82, 2.24) is 0 Å². The number of carboxylic acid groups (broad SMARTS) is 1. The number of amides is 1. The zero-order chi connectivity index (χ0) is 15.2. The average molecular weight is 306 g/mol. The van der Waals surface area contributed by atoms with Gasteiger partial charge in [-0.3, -0.25) is 10.1 Å². The molecular weight excluding hydrogens is 294 g/mol. The molecule has 0 bridgehead atoms. The highest BCUT2D eigenvalue weighted by Crippen LogP contribution is 2.20. The van der Waals surface area contributed by atoms with E-state index >= 15 is 0 Å². The quantitative estimate of drug-likeness (QED) is 0.905. The lowest BCUT2D eigenvalue weighted by Gasteiger charge is -2.09. The van der Waals surface area contributed by atoms with Gasteiger partial charge in [-0.2, -0.15) is 0 Å². The van der Waals surface area contributed by atoms with Crippen LogP contribution in [0.15, 0.2) is 48.5 Å². The Morgan fingerprint density at radius 1 is 1.10 bits per heavy atom. The van der Waals surface area contributed by atoms with E-state index in [-0.39, 0.29) is 12.2 Å². The van der Waals surface area contributed by atoms with Crippen LogP contribution in [0, 0.1) is 0 Å². The van der Waals surface area contributed by atoms with E-state index in [0.717, 1.165) is 0 Å². The number of hydrogen-bond acceptors (Lipinski definition) is 3. The van der Waals surface area contributed by atoms with Crippen LogP contribution in [0.1, 0.15) is 5.56 Å². The van der Waals surface area contributed by atoms with Gasteiger partial charge in [0.25, 0.3) is 0 Å². The van der Waals surface area contributed by atoms with E-state index in [0.29, 0.717) is 16.3 Å². The molecule has 0 unspecified atom stereocenters. The summed E-state index contributed by atoms with van der Waals surface area (Å²) in [4.78, 5) is 22.6. The number of carboxylic acids is 1. The van der Waals surface area contributed by atoms with Gasteiger partial charge in [0.2, 0.25) is 0 Å². The van der Waals surface area contributed by atoms with Gasteiger partial charge in [-0.1, -0.05) is 29.8 Å². The van der Waals surface area contributed by atoms with E-state index in [2.05, 4.69) is 5.32 Å². The van der Waals surface area contributed by atoms with Crippen LogP contribution in [-0.2, 0) is 11.2 Å². The van der Waals surface area contributed by atoms with Crippen molar-refractivity contribution in [3.05, 3.63) is 59.1 Å². The highest BCUT2D eigenvalue weighted by atomic mass is 35.5. The van der Waals surface area contributed by atoms with Gasteiger partial charge in [0.15, 0.2) is 0 Å². The standard InChI is InChI=1S/C15H12ClNO4/c16-11-5-7-12(8-6-11)17-15(20)21-13-4-2-1-3-10(13)9-14(18)19/h1-8H,9H2,(H,17,20)(H,18,19). The predicted molar refractivity (Wildman–Crippen MR) is 78.9 cm³/mol. The molecule has 0 saturated carbocycles. The van der Waals surface area contributed by atoms with E-state index < -0.39 is 12.1 Å². The maximum absolute atomic E-state index is 11.8. The van der Waals surface area contributed by atoms with E-state index in [1.807, 2.05) is 0 Å². The summed E-state index contributed by atoms with van der Waals surface area (Å²) in [5, 5.41) is 11.9. The second kappa shape index (κ2) is 6.76. The van der Waals surface area contributed by atoms with Crippen LogP contribution in [-0.4, -0.2) is 17.2 Å². The number of aliphatic carboxylic acids is 1. The zero-order valence-electron chi connectivity index (χ0n) is 10.9. The van der Waals surface area contributed by atoms with Crippen LogP contribution >= 0.6 is 11.6 Å². The third-order valence-corrected chi connectivity index (χ3v) is 2.86. The molecule has 6 heteroatoms. The maximum atomic E-state index is 11.8. The normalized spacial score (nSPS) is 9.95. The molecule has 0 spiro atoms. The summed E-state index contributed by atoms with van der Waals surface area (Å²) in [6.07, 6.45) is -0.917. The minimum atomic E-state index is -0.996. The van der Waals surface area contributed by atoms with E-state index in [1.54, 1.807) is 48.5 Å². The number of anilines is 1. The summed E-state index contributed by atoms with van der Waals surface area (Å²) in [7, 11) is 0. The van der Waals surface area contributed by atoms with Crippen molar-refractivity contribution in [2.24, 2.45) is 0 Å². The topological polar surface area (TPSA) is 75.6 Å². The van der Waals surface area contributed by atoms with Gasteiger partial charge in [-0.25, -0.2) is 4.79 Å². The first kappa shape index (κ1) is 14.9. The molecule has 0 aliphatic rings. The Balaban J connectivity index is 2.05. The maximum Gasteiger partial charge on any atom is 0.417 e.